The first-order valence-corrected chi connectivity index (χ1v) is 23.4. The van der Waals surface area contributed by atoms with E-state index in [-0.39, 0.29) is 37.8 Å². The summed E-state index contributed by atoms with van der Waals surface area (Å²) >= 11 is 0. The van der Waals surface area contributed by atoms with E-state index >= 15 is 4.79 Å². The van der Waals surface area contributed by atoms with Gasteiger partial charge in [-0.1, -0.05) is 57.4 Å². The third-order valence-corrected chi connectivity index (χ3v) is 14.9. The summed E-state index contributed by atoms with van der Waals surface area (Å²) in [6.45, 7) is 7.97. The number of amides is 4. The van der Waals surface area contributed by atoms with Crippen LogP contribution in [0.3, 0.4) is 0 Å². The first-order chi connectivity index (χ1) is 29.7. The Morgan fingerprint density at radius 1 is 1.03 bits per heavy atom. The maximum Gasteiger partial charge on any atom is 0.407 e. The fourth-order valence-electron chi connectivity index (χ4n) is 9.25. The average Bonchev–Trinajstić information content (AvgIpc) is 4.19. The molecule has 4 fully saturated rings. The molecule has 2 aliphatic heterocycles. The minimum Gasteiger partial charge on any atom is -0.496 e. The normalized spacial score (nSPS) is 26.9. The number of benzene rings is 2. The van der Waals surface area contributed by atoms with Crippen molar-refractivity contribution in [3.05, 3.63) is 66.7 Å². The van der Waals surface area contributed by atoms with Gasteiger partial charge in [0.15, 0.2) is 0 Å². The number of nitrogens with zero attached hydrogens (tertiary/aromatic N) is 2. The van der Waals surface area contributed by atoms with Crippen molar-refractivity contribution in [1.29, 1.82) is 0 Å². The smallest absolute Gasteiger partial charge is 0.407 e. The van der Waals surface area contributed by atoms with E-state index in [1.54, 1.807) is 13.2 Å². The summed E-state index contributed by atoms with van der Waals surface area (Å²) in [5.74, 6) is -0.810. The summed E-state index contributed by atoms with van der Waals surface area (Å²) < 4.78 is 52.7. The van der Waals surface area contributed by atoms with E-state index in [1.165, 1.54) is 11.0 Å². The Balaban J connectivity index is 1.18. The molecular formula is C46H57N5O10S. The Hall–Kier alpha value is -5.38. The number of aryl methyl sites for hydroxylation is 1. The van der Waals surface area contributed by atoms with Crippen LogP contribution in [0.5, 0.6) is 23.1 Å². The van der Waals surface area contributed by atoms with Crippen molar-refractivity contribution < 1.29 is 46.5 Å². The van der Waals surface area contributed by atoms with Gasteiger partial charge in [-0.2, -0.15) is 0 Å². The molecule has 4 bridgehead atoms. The molecule has 0 radical (unpaired) electrons. The monoisotopic (exact) mass is 871 g/mol. The Labute approximate surface area is 362 Å². The number of alkyl carbamates (subject to hydrolysis) is 1. The van der Waals surface area contributed by atoms with Crippen LogP contribution in [0.2, 0.25) is 0 Å². The molecule has 62 heavy (non-hydrogen) atoms. The fourth-order valence-corrected chi connectivity index (χ4v) is 10.6. The number of para-hydroxylation sites is 1. The lowest BCUT2D eigenvalue weighted by Gasteiger charge is -2.35. The lowest BCUT2D eigenvalue weighted by atomic mass is 9.83. The highest BCUT2D eigenvalue weighted by molar-refractivity contribution is 7.91. The Bertz CT molecular complexity index is 2330. The quantitative estimate of drug-likeness (QED) is 0.200. The number of cyclic esters (lactones) is 1. The van der Waals surface area contributed by atoms with E-state index in [0.29, 0.717) is 60.3 Å². The van der Waals surface area contributed by atoms with Crippen molar-refractivity contribution in [3.63, 3.8) is 0 Å². The van der Waals surface area contributed by atoms with Gasteiger partial charge in [-0.15, -0.1) is 6.58 Å². The van der Waals surface area contributed by atoms with Crippen molar-refractivity contribution in [1.82, 2.24) is 25.2 Å². The molecule has 1 unspecified atom stereocenters. The molecular weight excluding hydrogens is 815 g/mol. The number of pyridine rings is 1. The zero-order chi connectivity index (χ0) is 43.8. The van der Waals surface area contributed by atoms with Crippen molar-refractivity contribution in [3.8, 4) is 23.1 Å². The molecule has 8 rings (SSSR count). The maximum atomic E-state index is 15.1. The topological polar surface area (TPSA) is 192 Å². The summed E-state index contributed by atoms with van der Waals surface area (Å²) in [5.41, 5.74) is -0.494. The number of hydrogen-bond acceptors (Lipinski definition) is 11. The van der Waals surface area contributed by atoms with Gasteiger partial charge in [-0.3, -0.25) is 19.1 Å². The minimum atomic E-state index is -3.93. The largest absolute Gasteiger partial charge is 0.496 e. The molecule has 3 N–H and O–H groups in total. The van der Waals surface area contributed by atoms with Crippen LogP contribution in [0.4, 0.5) is 4.79 Å². The average molecular weight is 872 g/mol. The van der Waals surface area contributed by atoms with E-state index in [9.17, 15) is 22.8 Å². The number of carbonyl (C=O) groups excluding carboxylic acids is 4. The SMILES string of the molecule is C=C[C@H]1CC1(NC(=O)[C@@H]1C[C@@H]2CN1C(=O)[C@H](C1CCCCC1)NC(=O)OCC(C)(C)CCCc1cc3c(cc(Oc4ccccc4)nc3cc1OC)O2)C(=O)NS(=O)(=O)C1CC1. The fraction of sp³-hybridized carbons (Fsp3) is 0.543. The number of methoxy groups -OCH3 is 1. The number of aromatic nitrogens is 1. The lowest BCUT2D eigenvalue weighted by Crippen LogP contribution is -2.59. The van der Waals surface area contributed by atoms with Crippen LogP contribution < -0.4 is 29.6 Å². The molecule has 3 aliphatic carbocycles. The predicted octanol–water partition coefficient (Wildman–Crippen LogP) is 6.09. The predicted molar refractivity (Wildman–Crippen MR) is 230 cm³/mol. The van der Waals surface area contributed by atoms with Gasteiger partial charge in [0.2, 0.25) is 27.7 Å². The number of hydrogen-bond donors (Lipinski definition) is 3. The second kappa shape index (κ2) is 17.4. The molecule has 4 amide bonds. The minimum absolute atomic E-state index is 0.0200. The molecule has 3 saturated carbocycles. The van der Waals surface area contributed by atoms with E-state index in [2.05, 4.69) is 21.9 Å². The van der Waals surface area contributed by atoms with Crippen molar-refractivity contribution in [2.24, 2.45) is 17.3 Å². The Kier molecular flexibility index (Phi) is 12.2. The molecule has 5 atom stereocenters. The van der Waals surface area contributed by atoms with Crippen molar-refractivity contribution >= 4 is 44.7 Å². The maximum absolute atomic E-state index is 15.1. The number of fused-ring (bicyclic) bond motifs is 3. The summed E-state index contributed by atoms with van der Waals surface area (Å²) in [6.07, 6.45) is 7.44. The molecule has 5 aliphatic rings. The molecule has 0 spiro atoms. The lowest BCUT2D eigenvalue weighted by molar-refractivity contribution is -0.142. The second-order valence-electron chi connectivity index (χ2n) is 18.3. The summed E-state index contributed by atoms with van der Waals surface area (Å²) in [4.78, 5) is 63.3. The number of rotatable bonds is 10. The zero-order valence-corrected chi connectivity index (χ0v) is 36.5. The molecule has 332 valence electrons. The number of carbonyl (C=O) groups is 4. The van der Waals surface area contributed by atoms with Gasteiger partial charge in [0, 0.05) is 29.9 Å². The highest BCUT2D eigenvalue weighted by Gasteiger charge is 2.62. The van der Waals surface area contributed by atoms with Crippen molar-refractivity contribution in [2.45, 2.75) is 120 Å². The van der Waals surface area contributed by atoms with Gasteiger partial charge in [0.1, 0.15) is 41.0 Å². The van der Waals surface area contributed by atoms with E-state index in [1.807, 2.05) is 56.3 Å². The van der Waals surface area contributed by atoms with Crippen LogP contribution >= 0.6 is 0 Å². The van der Waals surface area contributed by atoms with Crippen LogP contribution in [-0.4, -0.2) is 91.4 Å². The number of nitrogens with one attached hydrogen (secondary N) is 3. The van der Waals surface area contributed by atoms with Crippen LogP contribution in [0, 0.1) is 17.3 Å². The summed E-state index contributed by atoms with van der Waals surface area (Å²) in [5, 5.41) is 5.81. The summed E-state index contributed by atoms with van der Waals surface area (Å²) in [7, 11) is -2.32. The van der Waals surface area contributed by atoms with Crippen LogP contribution in [0.1, 0.15) is 90.0 Å². The van der Waals surface area contributed by atoms with Gasteiger partial charge in [0.25, 0.3) is 5.91 Å². The highest BCUT2D eigenvalue weighted by Crippen LogP contribution is 2.46. The second-order valence-corrected chi connectivity index (χ2v) is 20.3. The van der Waals surface area contributed by atoms with E-state index in [0.717, 1.165) is 37.7 Å². The van der Waals surface area contributed by atoms with Gasteiger partial charge in [-0.25, -0.2) is 18.2 Å². The molecule has 1 saturated heterocycles. The Morgan fingerprint density at radius 2 is 1.79 bits per heavy atom. The van der Waals surface area contributed by atoms with Crippen LogP contribution in [0.25, 0.3) is 10.9 Å². The summed E-state index contributed by atoms with van der Waals surface area (Å²) in [6, 6.07) is 12.6. The van der Waals surface area contributed by atoms with Crippen LogP contribution in [0.15, 0.2) is 61.2 Å². The first kappa shape index (κ1) is 43.3. The van der Waals surface area contributed by atoms with Crippen LogP contribution in [-0.2, 0) is 35.6 Å². The molecule has 1 aromatic heterocycles. The van der Waals surface area contributed by atoms with Crippen molar-refractivity contribution in [2.75, 3.05) is 20.3 Å². The molecule has 2 aromatic carbocycles. The highest BCUT2D eigenvalue weighted by atomic mass is 32.2. The molecule has 3 aromatic rings. The van der Waals surface area contributed by atoms with Gasteiger partial charge >= 0.3 is 6.09 Å². The Morgan fingerprint density at radius 3 is 2.48 bits per heavy atom. The number of sulfonamides is 1. The standard InChI is InChI=1S/C46H57N5O10S/c1-5-30-25-46(30,43(54)50-62(56,57)33-18-19-33)49-41(52)36-22-32-26-51(36)42(53)40(28-13-8-6-9-14-28)48-44(55)59-27-45(2,3)20-12-15-29-21-34-35(23-37(29)58-4)47-39(24-38(34)60-32)61-31-16-10-7-11-17-31/h5,7,10-11,16-17,21,23-24,28,30,32-33,36,40H,1,6,8-9,12-15,18-20,22,25-27H2,2-4H3,(H,48,55)(H,49,52)(H,50,54)/t30-,32+,36-,40-,46?/m0/s1. The third kappa shape index (κ3) is 9.35. The van der Waals surface area contributed by atoms with E-state index < -0.39 is 74.1 Å². The molecule has 16 heteroatoms. The number of ether oxygens (including phenoxy) is 4. The molecule has 15 nitrogen and oxygen atoms in total. The van der Waals surface area contributed by atoms with Gasteiger partial charge in [-0.05, 0) is 86.5 Å². The third-order valence-electron chi connectivity index (χ3n) is 13.1. The molecule has 3 heterocycles. The first-order valence-electron chi connectivity index (χ1n) is 21.8. The van der Waals surface area contributed by atoms with Gasteiger partial charge < -0.3 is 34.5 Å². The van der Waals surface area contributed by atoms with E-state index in [4.69, 9.17) is 23.9 Å². The van der Waals surface area contributed by atoms with Gasteiger partial charge in [0.05, 0.1) is 31.0 Å². The zero-order valence-electron chi connectivity index (χ0n) is 35.7.